The number of anilines is 2. The monoisotopic (exact) mass is 274 g/mol. The fourth-order valence-corrected chi connectivity index (χ4v) is 2.12. The van der Waals surface area contributed by atoms with Crippen LogP contribution in [0.4, 0.5) is 15.8 Å². The largest absolute Gasteiger partial charge is 0.495 e. The van der Waals surface area contributed by atoms with Crippen LogP contribution in [-0.4, -0.2) is 14.2 Å². The Bertz CT molecular complexity index is 599. The molecule has 20 heavy (non-hydrogen) atoms. The predicted octanol–water partition coefficient (Wildman–Crippen LogP) is 3.62. The number of hydrogen-bond acceptors (Lipinski definition) is 3. The highest BCUT2D eigenvalue weighted by Crippen LogP contribution is 2.34. The summed E-state index contributed by atoms with van der Waals surface area (Å²) < 4.78 is 19.5. The molecule has 0 spiro atoms. The van der Waals surface area contributed by atoms with Crippen LogP contribution in [-0.2, 0) is 0 Å². The Morgan fingerprint density at radius 2 is 1.85 bits per heavy atom. The second-order valence-corrected chi connectivity index (χ2v) is 4.73. The van der Waals surface area contributed by atoms with Crippen LogP contribution in [0.2, 0.25) is 0 Å². The molecule has 1 atom stereocenters. The van der Waals surface area contributed by atoms with Crippen molar-refractivity contribution in [2.75, 3.05) is 19.1 Å². The van der Waals surface area contributed by atoms with Crippen molar-refractivity contribution in [2.24, 2.45) is 5.73 Å². The summed E-state index contributed by atoms with van der Waals surface area (Å²) in [5, 5.41) is 0. The zero-order valence-electron chi connectivity index (χ0n) is 11.9. The third-order valence-electron chi connectivity index (χ3n) is 3.31. The Morgan fingerprint density at radius 1 is 1.15 bits per heavy atom. The van der Waals surface area contributed by atoms with Crippen molar-refractivity contribution >= 4 is 11.4 Å². The van der Waals surface area contributed by atoms with E-state index < -0.39 is 0 Å². The minimum absolute atomic E-state index is 0.185. The molecule has 3 nitrogen and oxygen atoms in total. The van der Waals surface area contributed by atoms with Gasteiger partial charge in [0.1, 0.15) is 11.6 Å². The maximum absolute atomic E-state index is 14.2. The molecule has 2 N–H and O–H groups in total. The van der Waals surface area contributed by atoms with Gasteiger partial charge in [-0.2, -0.15) is 0 Å². The number of ether oxygens (including phenoxy) is 1. The average Bonchev–Trinajstić information content (AvgIpc) is 2.46. The smallest absolute Gasteiger partial charge is 0.147 e. The predicted molar refractivity (Wildman–Crippen MR) is 80.1 cm³/mol. The van der Waals surface area contributed by atoms with E-state index in [0.717, 1.165) is 11.3 Å². The molecule has 0 fully saturated rings. The van der Waals surface area contributed by atoms with Gasteiger partial charge in [0.15, 0.2) is 0 Å². The van der Waals surface area contributed by atoms with Gasteiger partial charge >= 0.3 is 0 Å². The van der Waals surface area contributed by atoms with E-state index in [2.05, 4.69) is 0 Å². The number of nitrogens with two attached hydrogens (primary N) is 1. The van der Waals surface area contributed by atoms with Crippen molar-refractivity contribution in [1.82, 2.24) is 0 Å². The molecule has 0 aliphatic carbocycles. The van der Waals surface area contributed by atoms with Gasteiger partial charge in [-0.1, -0.05) is 18.2 Å². The lowest BCUT2D eigenvalue weighted by atomic mass is 10.1. The summed E-state index contributed by atoms with van der Waals surface area (Å²) in [6.45, 7) is 1.83. The molecular weight excluding hydrogens is 255 g/mol. The quantitative estimate of drug-likeness (QED) is 0.925. The fraction of sp³-hybridized carbons (Fsp3) is 0.250. The Hall–Kier alpha value is -2.07. The van der Waals surface area contributed by atoms with Gasteiger partial charge in [-0.3, -0.25) is 0 Å². The van der Waals surface area contributed by atoms with Crippen molar-refractivity contribution in [2.45, 2.75) is 13.0 Å². The SMILES string of the molecule is COc1ccccc1N(C)c1ccc(C(C)N)cc1F. The van der Waals surface area contributed by atoms with Crippen LogP contribution in [0.1, 0.15) is 18.5 Å². The number of hydrogen-bond donors (Lipinski definition) is 1. The van der Waals surface area contributed by atoms with Gasteiger partial charge in [-0.15, -0.1) is 0 Å². The summed E-state index contributed by atoms with van der Waals surface area (Å²) >= 11 is 0. The molecule has 106 valence electrons. The molecule has 0 saturated carbocycles. The van der Waals surface area contributed by atoms with Gasteiger partial charge < -0.3 is 15.4 Å². The van der Waals surface area contributed by atoms with Crippen LogP contribution < -0.4 is 15.4 Å². The third kappa shape index (κ3) is 2.75. The molecule has 0 heterocycles. The minimum Gasteiger partial charge on any atom is -0.495 e. The van der Waals surface area contributed by atoms with E-state index in [-0.39, 0.29) is 11.9 Å². The fourth-order valence-electron chi connectivity index (χ4n) is 2.12. The van der Waals surface area contributed by atoms with E-state index in [1.54, 1.807) is 18.1 Å². The molecule has 2 rings (SSSR count). The van der Waals surface area contributed by atoms with E-state index in [1.165, 1.54) is 6.07 Å². The van der Waals surface area contributed by atoms with E-state index >= 15 is 0 Å². The third-order valence-corrected chi connectivity index (χ3v) is 3.31. The van der Waals surface area contributed by atoms with Crippen LogP contribution in [0.3, 0.4) is 0 Å². The van der Waals surface area contributed by atoms with Crippen molar-refractivity contribution in [1.29, 1.82) is 0 Å². The van der Waals surface area contributed by atoms with Crippen molar-refractivity contribution in [3.05, 3.63) is 53.8 Å². The Kier molecular flexibility index (Phi) is 4.25. The molecular formula is C16H19FN2O. The van der Waals surface area contributed by atoms with E-state index in [0.29, 0.717) is 11.4 Å². The lowest BCUT2D eigenvalue weighted by molar-refractivity contribution is 0.415. The molecule has 2 aromatic rings. The molecule has 4 heteroatoms. The molecule has 2 aromatic carbocycles. The van der Waals surface area contributed by atoms with Crippen molar-refractivity contribution in [3.63, 3.8) is 0 Å². The van der Waals surface area contributed by atoms with Crippen molar-refractivity contribution in [3.8, 4) is 5.75 Å². The zero-order valence-corrected chi connectivity index (χ0v) is 11.9. The average molecular weight is 274 g/mol. The lowest BCUT2D eigenvalue weighted by Gasteiger charge is -2.23. The van der Waals surface area contributed by atoms with Gasteiger partial charge in [-0.25, -0.2) is 4.39 Å². The number of nitrogens with zero attached hydrogens (tertiary/aromatic N) is 1. The number of para-hydroxylation sites is 2. The second kappa shape index (κ2) is 5.92. The standard InChI is InChI=1S/C16H19FN2O/c1-11(18)12-8-9-14(13(17)10-12)19(2)15-6-4-5-7-16(15)20-3/h4-11H,18H2,1-3H3. The zero-order chi connectivity index (χ0) is 14.7. The maximum Gasteiger partial charge on any atom is 0.147 e. The maximum atomic E-state index is 14.2. The minimum atomic E-state index is -0.298. The normalized spacial score (nSPS) is 12.1. The van der Waals surface area contributed by atoms with E-state index in [9.17, 15) is 4.39 Å². The summed E-state index contributed by atoms with van der Waals surface area (Å²) in [6, 6.07) is 12.4. The lowest BCUT2D eigenvalue weighted by Crippen LogP contribution is -2.13. The molecule has 0 aromatic heterocycles. The molecule has 0 radical (unpaired) electrons. The second-order valence-electron chi connectivity index (χ2n) is 4.73. The molecule has 0 amide bonds. The topological polar surface area (TPSA) is 38.5 Å². The van der Waals surface area contributed by atoms with Crippen LogP contribution in [0, 0.1) is 5.82 Å². The highest BCUT2D eigenvalue weighted by Gasteiger charge is 2.14. The molecule has 0 aliphatic rings. The molecule has 0 saturated heterocycles. The highest BCUT2D eigenvalue weighted by molar-refractivity contribution is 5.69. The first-order valence-electron chi connectivity index (χ1n) is 6.46. The molecule has 0 aliphatic heterocycles. The van der Waals surface area contributed by atoms with Gasteiger partial charge in [0, 0.05) is 13.1 Å². The van der Waals surface area contributed by atoms with Crippen LogP contribution >= 0.6 is 0 Å². The summed E-state index contributed by atoms with van der Waals surface area (Å²) in [4.78, 5) is 1.76. The van der Waals surface area contributed by atoms with Crippen LogP contribution in [0.5, 0.6) is 5.75 Å². The Labute approximate surface area is 118 Å². The first kappa shape index (κ1) is 14.3. The summed E-state index contributed by atoms with van der Waals surface area (Å²) in [5.74, 6) is 0.402. The van der Waals surface area contributed by atoms with Gasteiger partial charge in [0.05, 0.1) is 18.5 Å². The number of methoxy groups -OCH3 is 1. The van der Waals surface area contributed by atoms with E-state index in [1.807, 2.05) is 44.3 Å². The van der Waals surface area contributed by atoms with Gasteiger partial charge in [0.2, 0.25) is 0 Å². The van der Waals surface area contributed by atoms with Gasteiger partial charge in [-0.05, 0) is 36.8 Å². The number of rotatable bonds is 4. The van der Waals surface area contributed by atoms with E-state index in [4.69, 9.17) is 10.5 Å². The number of benzene rings is 2. The van der Waals surface area contributed by atoms with Crippen molar-refractivity contribution < 1.29 is 9.13 Å². The first-order valence-corrected chi connectivity index (χ1v) is 6.46. The Morgan fingerprint density at radius 3 is 2.45 bits per heavy atom. The summed E-state index contributed by atoms with van der Waals surface area (Å²) in [7, 11) is 3.41. The first-order chi connectivity index (χ1) is 9.54. The summed E-state index contributed by atoms with van der Waals surface area (Å²) in [6.07, 6.45) is 0. The summed E-state index contributed by atoms with van der Waals surface area (Å²) in [5.41, 5.74) is 7.84. The molecule has 1 unspecified atom stereocenters. The molecule has 0 bridgehead atoms. The van der Waals surface area contributed by atoms with Gasteiger partial charge in [0.25, 0.3) is 0 Å². The number of halogens is 1. The highest BCUT2D eigenvalue weighted by atomic mass is 19.1. The Balaban J connectivity index is 2.40. The van der Waals surface area contributed by atoms with Crippen LogP contribution in [0.25, 0.3) is 0 Å². The van der Waals surface area contributed by atoms with Crippen LogP contribution in [0.15, 0.2) is 42.5 Å².